The number of aromatic nitrogens is 5. The maximum Gasteiger partial charge on any atom is 0.408 e. The minimum atomic E-state index is -4.52. The molecule has 35 heavy (non-hydrogen) atoms. The molecule has 1 saturated heterocycles. The van der Waals surface area contributed by atoms with E-state index in [1.807, 2.05) is 0 Å². The molecule has 0 aliphatic carbocycles. The van der Waals surface area contributed by atoms with Crippen LogP contribution in [0.4, 0.5) is 13.2 Å². The second-order valence-electron chi connectivity index (χ2n) is 7.94. The minimum absolute atomic E-state index is 0. The normalized spacial score (nSPS) is 15.8. The molecule has 0 spiro atoms. The third kappa shape index (κ3) is 4.58. The standard InChI is InChI=1S/C22H21F3N6O3.CH4/c1-33-16-4-2-14(3-5-16)12-30-19-17(20-27-13-28-31(20)21(30)32)10-15(11-26-19)18(22(23,24)25)29-6-8-34-9-7-29;/h2-5,10-11,13,18H,6-9,12H2,1H3;1H4. The van der Waals surface area contributed by atoms with Gasteiger partial charge in [0.15, 0.2) is 5.65 Å². The van der Waals surface area contributed by atoms with Gasteiger partial charge in [-0.2, -0.15) is 22.8 Å². The fourth-order valence-corrected chi connectivity index (χ4v) is 4.27. The lowest BCUT2D eigenvalue weighted by atomic mass is 10.0. The van der Waals surface area contributed by atoms with Gasteiger partial charge in [0, 0.05) is 19.3 Å². The molecule has 1 aliphatic rings. The van der Waals surface area contributed by atoms with E-state index >= 15 is 0 Å². The molecular weight excluding hydrogens is 465 g/mol. The number of fused-ring (bicyclic) bond motifs is 3. The Hall–Kier alpha value is -3.51. The molecule has 0 N–H and O–H groups in total. The highest BCUT2D eigenvalue weighted by Gasteiger charge is 2.45. The first kappa shape index (κ1) is 24.6. The van der Waals surface area contributed by atoms with E-state index in [0.29, 0.717) is 11.1 Å². The van der Waals surface area contributed by atoms with Gasteiger partial charge in [-0.3, -0.25) is 9.47 Å². The van der Waals surface area contributed by atoms with Gasteiger partial charge in [-0.05, 0) is 29.3 Å². The zero-order valence-corrected chi connectivity index (χ0v) is 18.2. The van der Waals surface area contributed by atoms with Gasteiger partial charge in [0.1, 0.15) is 23.8 Å². The highest BCUT2D eigenvalue weighted by Crippen LogP contribution is 2.38. The topological polar surface area (TPSA) is 86.8 Å². The molecule has 0 bridgehead atoms. The van der Waals surface area contributed by atoms with Crippen LogP contribution in [-0.2, 0) is 11.3 Å². The summed E-state index contributed by atoms with van der Waals surface area (Å²) in [6.07, 6.45) is -2.13. The van der Waals surface area contributed by atoms with Crippen molar-refractivity contribution >= 4 is 16.7 Å². The molecule has 0 radical (unpaired) electrons. The van der Waals surface area contributed by atoms with Gasteiger partial charge in [0.2, 0.25) is 0 Å². The number of benzene rings is 1. The first-order chi connectivity index (χ1) is 16.4. The zero-order valence-electron chi connectivity index (χ0n) is 18.2. The van der Waals surface area contributed by atoms with Crippen LogP contribution < -0.4 is 10.4 Å². The molecule has 1 aliphatic heterocycles. The van der Waals surface area contributed by atoms with Crippen LogP contribution in [0.15, 0.2) is 47.7 Å². The summed E-state index contributed by atoms with van der Waals surface area (Å²) in [7, 11) is 1.55. The highest BCUT2D eigenvalue weighted by atomic mass is 19.4. The number of hydrogen-bond donors (Lipinski definition) is 0. The number of pyridine rings is 1. The number of ether oxygens (including phenoxy) is 2. The average Bonchev–Trinajstić information content (AvgIpc) is 3.33. The fraction of sp³-hybridized carbons (Fsp3) is 0.391. The Bertz CT molecular complexity index is 1380. The second-order valence-corrected chi connectivity index (χ2v) is 7.94. The van der Waals surface area contributed by atoms with Crippen molar-refractivity contribution in [3.05, 3.63) is 64.5 Å². The second kappa shape index (κ2) is 9.62. The molecule has 4 aromatic rings. The SMILES string of the molecule is C.COc1ccc(Cn2c(=O)n3ncnc3c3cc(C(N4CCOCC4)C(F)(F)F)cnc32)cc1. The van der Waals surface area contributed by atoms with Crippen LogP contribution >= 0.6 is 0 Å². The van der Waals surface area contributed by atoms with E-state index in [1.165, 1.54) is 28.1 Å². The number of nitrogens with zero attached hydrogens (tertiary/aromatic N) is 6. The van der Waals surface area contributed by atoms with E-state index in [4.69, 9.17) is 9.47 Å². The van der Waals surface area contributed by atoms with Crippen LogP contribution in [0.25, 0.3) is 16.7 Å². The van der Waals surface area contributed by atoms with Gasteiger partial charge in [0.25, 0.3) is 0 Å². The Morgan fingerprint density at radius 2 is 1.83 bits per heavy atom. The third-order valence-corrected chi connectivity index (χ3v) is 5.88. The first-order valence-corrected chi connectivity index (χ1v) is 10.6. The predicted octanol–water partition coefficient (Wildman–Crippen LogP) is 3.07. The zero-order chi connectivity index (χ0) is 23.9. The summed E-state index contributed by atoms with van der Waals surface area (Å²) in [6, 6.07) is 6.68. The van der Waals surface area contributed by atoms with Crippen LogP contribution in [0.3, 0.4) is 0 Å². The lowest BCUT2D eigenvalue weighted by Crippen LogP contribution is -2.44. The summed E-state index contributed by atoms with van der Waals surface area (Å²) in [6.45, 7) is 0.902. The molecule has 1 atom stereocenters. The Kier molecular flexibility index (Phi) is 6.77. The highest BCUT2D eigenvalue weighted by molar-refractivity contribution is 5.89. The molecule has 5 rings (SSSR count). The molecule has 12 heteroatoms. The van der Waals surface area contributed by atoms with E-state index in [-0.39, 0.29) is 57.1 Å². The molecule has 4 heterocycles. The quantitative estimate of drug-likeness (QED) is 0.425. The number of rotatable bonds is 5. The van der Waals surface area contributed by atoms with E-state index in [9.17, 15) is 18.0 Å². The van der Waals surface area contributed by atoms with Gasteiger partial charge in [-0.1, -0.05) is 19.6 Å². The van der Waals surface area contributed by atoms with E-state index in [2.05, 4.69) is 15.1 Å². The summed E-state index contributed by atoms with van der Waals surface area (Å²) in [5.74, 6) is 0.664. The van der Waals surface area contributed by atoms with Gasteiger partial charge >= 0.3 is 11.9 Å². The molecule has 1 unspecified atom stereocenters. The Balaban J connectivity index is 0.00000289. The predicted molar refractivity (Wildman–Crippen MR) is 123 cm³/mol. The summed E-state index contributed by atoms with van der Waals surface area (Å²) in [5, 5.41) is 4.30. The van der Waals surface area contributed by atoms with E-state index < -0.39 is 17.9 Å². The maximum absolute atomic E-state index is 14.1. The van der Waals surface area contributed by atoms with Crippen molar-refractivity contribution in [2.45, 2.75) is 26.2 Å². The first-order valence-electron chi connectivity index (χ1n) is 10.6. The smallest absolute Gasteiger partial charge is 0.408 e. The van der Waals surface area contributed by atoms with Crippen LogP contribution in [0, 0.1) is 0 Å². The van der Waals surface area contributed by atoms with Crippen molar-refractivity contribution in [3.63, 3.8) is 0 Å². The van der Waals surface area contributed by atoms with Gasteiger partial charge < -0.3 is 9.47 Å². The summed E-state index contributed by atoms with van der Waals surface area (Å²) < 4.78 is 55.2. The van der Waals surface area contributed by atoms with Gasteiger partial charge in [-0.15, -0.1) is 0 Å². The largest absolute Gasteiger partial charge is 0.497 e. The van der Waals surface area contributed by atoms with Crippen LogP contribution in [0.2, 0.25) is 0 Å². The average molecular weight is 490 g/mol. The number of morpholine rings is 1. The minimum Gasteiger partial charge on any atom is -0.497 e. The molecule has 9 nitrogen and oxygen atoms in total. The molecule has 3 aromatic heterocycles. The Morgan fingerprint density at radius 1 is 1.11 bits per heavy atom. The van der Waals surface area contributed by atoms with Crippen molar-refractivity contribution in [3.8, 4) is 5.75 Å². The molecule has 186 valence electrons. The lowest BCUT2D eigenvalue weighted by Gasteiger charge is -2.35. The van der Waals surface area contributed by atoms with Crippen LogP contribution in [0.1, 0.15) is 24.6 Å². The summed E-state index contributed by atoms with van der Waals surface area (Å²) >= 11 is 0. The molecule has 0 amide bonds. The monoisotopic (exact) mass is 490 g/mol. The Morgan fingerprint density at radius 3 is 2.49 bits per heavy atom. The van der Waals surface area contributed by atoms with Crippen molar-refractivity contribution in [1.82, 2.24) is 29.0 Å². The Labute approximate surface area is 198 Å². The molecular formula is C23H25F3N6O3. The van der Waals surface area contributed by atoms with Gasteiger partial charge in [-0.25, -0.2) is 14.8 Å². The lowest BCUT2D eigenvalue weighted by molar-refractivity contribution is -0.194. The van der Waals surface area contributed by atoms with Crippen LogP contribution in [-0.4, -0.2) is 68.6 Å². The van der Waals surface area contributed by atoms with Crippen molar-refractivity contribution in [2.24, 2.45) is 0 Å². The van der Waals surface area contributed by atoms with Gasteiger partial charge in [0.05, 0.1) is 32.3 Å². The van der Waals surface area contributed by atoms with Crippen molar-refractivity contribution in [1.29, 1.82) is 0 Å². The maximum atomic E-state index is 14.1. The van der Waals surface area contributed by atoms with Crippen molar-refractivity contribution in [2.75, 3.05) is 33.4 Å². The fourth-order valence-electron chi connectivity index (χ4n) is 4.27. The summed E-state index contributed by atoms with van der Waals surface area (Å²) in [5.41, 5.74) is 0.658. The number of halogens is 3. The van der Waals surface area contributed by atoms with E-state index in [0.717, 1.165) is 10.1 Å². The number of alkyl halides is 3. The number of methoxy groups -OCH3 is 1. The molecule has 1 fully saturated rings. The molecule has 1 aromatic carbocycles. The number of hydrogen-bond acceptors (Lipinski definition) is 7. The van der Waals surface area contributed by atoms with E-state index in [1.54, 1.807) is 31.4 Å². The van der Waals surface area contributed by atoms with Crippen LogP contribution in [0.5, 0.6) is 5.75 Å². The summed E-state index contributed by atoms with van der Waals surface area (Å²) in [4.78, 5) is 22.9. The van der Waals surface area contributed by atoms with Crippen molar-refractivity contribution < 1.29 is 22.6 Å². The third-order valence-electron chi connectivity index (χ3n) is 5.88. The molecule has 0 saturated carbocycles.